The number of nitrogens with one attached hydrogen (secondary N) is 2. The number of rotatable bonds is 7. The van der Waals surface area contributed by atoms with Gasteiger partial charge in [0.25, 0.3) is 5.91 Å². The maximum atomic E-state index is 12.2. The van der Waals surface area contributed by atoms with Crippen LogP contribution in [-0.4, -0.2) is 47.2 Å². The van der Waals surface area contributed by atoms with Crippen molar-refractivity contribution in [2.45, 2.75) is 18.7 Å². The molecule has 146 valence electrons. The summed E-state index contributed by atoms with van der Waals surface area (Å²) in [7, 11) is -3.65. The highest BCUT2D eigenvalue weighted by Crippen LogP contribution is 2.10. The molecule has 0 aromatic carbocycles. The quantitative estimate of drug-likeness (QED) is 0.571. The average molecular weight is 400 g/mol. The normalized spacial score (nSPS) is 11.4. The van der Waals surface area contributed by atoms with Crippen LogP contribution in [0.1, 0.15) is 21.7 Å². The maximum absolute atomic E-state index is 12.2. The third-order valence-corrected chi connectivity index (χ3v) is 5.33. The minimum Gasteiger partial charge on any atom is -0.351 e. The van der Waals surface area contributed by atoms with Gasteiger partial charge >= 0.3 is 0 Å². The van der Waals surface area contributed by atoms with Crippen molar-refractivity contribution in [2.24, 2.45) is 0 Å². The molecule has 0 unspecified atom stereocenters. The first kappa shape index (κ1) is 19.6. The second-order valence-corrected chi connectivity index (χ2v) is 7.85. The zero-order valence-corrected chi connectivity index (χ0v) is 16.3. The zero-order chi connectivity index (χ0) is 20.1. The number of aromatic nitrogens is 4. The molecule has 2 N–H and O–H groups in total. The summed E-state index contributed by atoms with van der Waals surface area (Å²) in [5, 5.41) is 7.00. The van der Waals surface area contributed by atoms with Crippen LogP contribution in [0.25, 0.3) is 5.82 Å². The van der Waals surface area contributed by atoms with Crippen LogP contribution < -0.4 is 10.0 Å². The van der Waals surface area contributed by atoms with Gasteiger partial charge in [-0.2, -0.15) is 5.10 Å². The van der Waals surface area contributed by atoms with Crippen LogP contribution in [0.4, 0.5) is 0 Å². The number of nitrogens with zero attached hydrogens (tertiary/aromatic N) is 4. The van der Waals surface area contributed by atoms with Crippen molar-refractivity contribution in [3.05, 3.63) is 65.9 Å². The predicted molar refractivity (Wildman–Crippen MR) is 103 cm³/mol. The van der Waals surface area contributed by atoms with Gasteiger partial charge in [-0.3, -0.25) is 9.78 Å². The third kappa shape index (κ3) is 4.59. The molecule has 0 spiro atoms. The van der Waals surface area contributed by atoms with Crippen molar-refractivity contribution in [3.63, 3.8) is 0 Å². The Balaban J connectivity index is 1.53. The van der Waals surface area contributed by atoms with Crippen molar-refractivity contribution in [3.8, 4) is 5.82 Å². The van der Waals surface area contributed by atoms with Crippen LogP contribution in [0.2, 0.25) is 0 Å². The van der Waals surface area contributed by atoms with E-state index in [-0.39, 0.29) is 23.9 Å². The summed E-state index contributed by atoms with van der Waals surface area (Å²) in [4.78, 5) is 20.3. The molecule has 10 heteroatoms. The lowest BCUT2D eigenvalue weighted by Gasteiger charge is -2.08. The van der Waals surface area contributed by atoms with E-state index in [0.29, 0.717) is 11.4 Å². The number of hydrogen-bond donors (Lipinski definition) is 2. The maximum Gasteiger partial charge on any atom is 0.252 e. The average Bonchev–Trinajstić information content (AvgIpc) is 3.04. The van der Waals surface area contributed by atoms with Crippen LogP contribution >= 0.6 is 0 Å². The lowest BCUT2D eigenvalue weighted by Crippen LogP contribution is -2.34. The SMILES string of the molecule is Cc1cc(C)n(-c2ccc(C(=O)NCCNS(=O)(=O)c3cccnc3)cn2)n1. The topological polar surface area (TPSA) is 119 Å². The van der Waals surface area contributed by atoms with Crippen molar-refractivity contribution >= 4 is 15.9 Å². The number of amides is 1. The Labute approximate surface area is 162 Å². The number of pyridine rings is 2. The van der Waals surface area contributed by atoms with E-state index in [1.54, 1.807) is 22.9 Å². The molecule has 0 saturated carbocycles. The Morgan fingerprint density at radius 3 is 2.57 bits per heavy atom. The molecule has 0 bridgehead atoms. The van der Waals surface area contributed by atoms with Crippen molar-refractivity contribution in [1.29, 1.82) is 0 Å². The van der Waals surface area contributed by atoms with Crippen LogP contribution in [0.5, 0.6) is 0 Å². The van der Waals surface area contributed by atoms with E-state index in [2.05, 4.69) is 25.1 Å². The largest absolute Gasteiger partial charge is 0.351 e. The van der Waals surface area contributed by atoms with E-state index >= 15 is 0 Å². The molecule has 0 aliphatic carbocycles. The highest BCUT2D eigenvalue weighted by atomic mass is 32.2. The standard InChI is InChI=1S/C18H20N6O3S/c1-13-10-14(2)24(23-13)17-6-5-15(11-21-17)18(25)20-8-9-22-28(26,27)16-4-3-7-19-12-16/h3-7,10-12,22H,8-9H2,1-2H3,(H,20,25). The van der Waals surface area contributed by atoms with E-state index in [1.165, 1.54) is 24.7 Å². The Morgan fingerprint density at radius 2 is 1.96 bits per heavy atom. The molecule has 0 atom stereocenters. The van der Waals surface area contributed by atoms with Gasteiger partial charge in [-0.25, -0.2) is 22.8 Å². The fraction of sp³-hybridized carbons (Fsp3) is 0.222. The van der Waals surface area contributed by atoms with Crippen LogP contribution in [0.3, 0.4) is 0 Å². The molecular formula is C18H20N6O3S. The first-order valence-electron chi connectivity index (χ1n) is 8.54. The Kier molecular flexibility index (Phi) is 5.81. The van der Waals surface area contributed by atoms with Crippen LogP contribution in [-0.2, 0) is 10.0 Å². The minimum absolute atomic E-state index is 0.0558. The lowest BCUT2D eigenvalue weighted by molar-refractivity contribution is 0.0954. The summed E-state index contributed by atoms with van der Waals surface area (Å²) < 4.78 is 28.2. The van der Waals surface area contributed by atoms with Crippen LogP contribution in [0, 0.1) is 13.8 Å². The number of hydrogen-bond acceptors (Lipinski definition) is 6. The van der Waals surface area contributed by atoms with Crippen molar-refractivity contribution < 1.29 is 13.2 Å². The summed E-state index contributed by atoms with van der Waals surface area (Å²) in [6.07, 6.45) is 4.21. The Bertz CT molecular complexity index is 1060. The zero-order valence-electron chi connectivity index (χ0n) is 15.5. The van der Waals surface area contributed by atoms with Gasteiger partial charge in [0, 0.05) is 37.4 Å². The summed E-state index contributed by atoms with van der Waals surface area (Å²) >= 11 is 0. The Morgan fingerprint density at radius 1 is 1.14 bits per heavy atom. The van der Waals surface area contributed by atoms with Gasteiger partial charge in [0.1, 0.15) is 4.90 Å². The highest BCUT2D eigenvalue weighted by molar-refractivity contribution is 7.89. The molecule has 0 fully saturated rings. The summed E-state index contributed by atoms with van der Waals surface area (Å²) in [6.45, 7) is 4.01. The molecule has 0 radical (unpaired) electrons. The number of aryl methyl sites for hydroxylation is 2. The van der Waals surface area contributed by atoms with Gasteiger partial charge in [0.05, 0.1) is 11.3 Å². The smallest absolute Gasteiger partial charge is 0.252 e. The van der Waals surface area contributed by atoms with Gasteiger partial charge in [0.2, 0.25) is 10.0 Å². The van der Waals surface area contributed by atoms with E-state index in [0.717, 1.165) is 11.4 Å². The number of carbonyl (C=O) groups excluding carboxylic acids is 1. The highest BCUT2D eigenvalue weighted by Gasteiger charge is 2.13. The molecule has 0 saturated heterocycles. The lowest BCUT2D eigenvalue weighted by atomic mass is 10.2. The van der Waals surface area contributed by atoms with Gasteiger partial charge in [-0.05, 0) is 44.2 Å². The van der Waals surface area contributed by atoms with Gasteiger partial charge in [-0.1, -0.05) is 0 Å². The first-order valence-corrected chi connectivity index (χ1v) is 10.0. The fourth-order valence-electron chi connectivity index (χ4n) is 2.56. The number of sulfonamides is 1. The van der Waals surface area contributed by atoms with E-state index in [4.69, 9.17) is 0 Å². The van der Waals surface area contributed by atoms with Gasteiger partial charge in [0.15, 0.2) is 5.82 Å². The molecular weight excluding hydrogens is 380 g/mol. The van der Waals surface area contributed by atoms with Crippen molar-refractivity contribution in [1.82, 2.24) is 29.8 Å². The van der Waals surface area contributed by atoms with E-state index in [9.17, 15) is 13.2 Å². The third-order valence-electron chi connectivity index (χ3n) is 3.88. The molecule has 28 heavy (non-hydrogen) atoms. The van der Waals surface area contributed by atoms with Gasteiger partial charge < -0.3 is 5.32 Å². The second-order valence-electron chi connectivity index (χ2n) is 6.09. The monoisotopic (exact) mass is 400 g/mol. The Hall–Kier alpha value is -3.11. The summed E-state index contributed by atoms with van der Waals surface area (Å²) in [5.41, 5.74) is 2.21. The molecule has 3 aromatic heterocycles. The molecule has 3 rings (SSSR count). The molecule has 3 aromatic rings. The summed E-state index contributed by atoms with van der Waals surface area (Å²) in [5.74, 6) is 0.277. The molecule has 9 nitrogen and oxygen atoms in total. The summed E-state index contributed by atoms with van der Waals surface area (Å²) in [6, 6.07) is 8.28. The van der Waals surface area contributed by atoms with E-state index < -0.39 is 10.0 Å². The fourth-order valence-corrected chi connectivity index (χ4v) is 3.55. The first-order chi connectivity index (χ1) is 13.4. The van der Waals surface area contributed by atoms with Crippen LogP contribution in [0.15, 0.2) is 53.8 Å². The van der Waals surface area contributed by atoms with E-state index in [1.807, 2.05) is 19.9 Å². The second kappa shape index (κ2) is 8.28. The minimum atomic E-state index is -3.65. The molecule has 0 aliphatic heterocycles. The predicted octanol–water partition coefficient (Wildman–Crippen LogP) is 0.987. The van der Waals surface area contributed by atoms with Gasteiger partial charge in [-0.15, -0.1) is 0 Å². The molecule has 1 amide bonds. The number of carbonyl (C=O) groups is 1. The van der Waals surface area contributed by atoms with Crippen molar-refractivity contribution in [2.75, 3.05) is 13.1 Å². The molecule has 0 aliphatic rings. The molecule has 3 heterocycles.